The van der Waals surface area contributed by atoms with Crippen molar-refractivity contribution in [2.45, 2.75) is 50.9 Å². The first-order chi connectivity index (χ1) is 23.3. The number of hydrogen-bond acceptors (Lipinski definition) is 10. The van der Waals surface area contributed by atoms with Gasteiger partial charge in [-0.1, -0.05) is 48.0 Å². The van der Waals surface area contributed by atoms with Crippen LogP contribution in [0.2, 0.25) is 5.02 Å². The van der Waals surface area contributed by atoms with E-state index in [1.807, 2.05) is 36.4 Å². The number of amides is 2. The second-order valence-electron chi connectivity index (χ2n) is 11.6. The molecule has 2 aliphatic heterocycles. The van der Waals surface area contributed by atoms with Crippen LogP contribution in [-0.4, -0.2) is 71.1 Å². The fraction of sp³-hybridized carbons (Fsp3) is 0.353. The van der Waals surface area contributed by atoms with Gasteiger partial charge in [-0.15, -0.1) is 0 Å². The summed E-state index contributed by atoms with van der Waals surface area (Å²) in [6, 6.07) is 11.9. The number of nitrogens with one attached hydrogen (secondary N) is 4. The molecule has 2 atom stereocenters. The van der Waals surface area contributed by atoms with Gasteiger partial charge in [-0.25, -0.2) is 9.97 Å². The van der Waals surface area contributed by atoms with Crippen LogP contribution < -0.4 is 30.7 Å². The van der Waals surface area contributed by atoms with Crippen molar-refractivity contribution in [3.63, 3.8) is 0 Å². The van der Waals surface area contributed by atoms with E-state index < -0.39 is 0 Å². The third-order valence-corrected chi connectivity index (χ3v) is 9.65. The molecule has 6 rings (SSSR count). The van der Waals surface area contributed by atoms with E-state index in [-0.39, 0.29) is 23.9 Å². The Morgan fingerprint density at radius 3 is 1.75 bits per heavy atom. The van der Waals surface area contributed by atoms with Gasteiger partial charge in [0.05, 0.1) is 43.0 Å². The van der Waals surface area contributed by atoms with E-state index in [1.54, 1.807) is 26.6 Å². The monoisotopic (exact) mass is 734 g/mol. The van der Waals surface area contributed by atoms with E-state index in [0.29, 0.717) is 84.1 Å². The second kappa shape index (κ2) is 15.4. The fourth-order valence-electron chi connectivity index (χ4n) is 5.89. The third-order valence-electron chi connectivity index (χ3n) is 8.39. The first-order valence-corrected chi connectivity index (χ1v) is 16.9. The summed E-state index contributed by atoms with van der Waals surface area (Å²) in [5.74, 6) is 0.993. The number of carbonyl (C=O) groups is 2. The summed E-state index contributed by atoms with van der Waals surface area (Å²) in [5, 5.41) is 13.1. The first-order valence-electron chi connectivity index (χ1n) is 15.7. The minimum absolute atomic E-state index is 0.0852. The largest absolute Gasteiger partial charge is 0.480 e. The summed E-state index contributed by atoms with van der Waals surface area (Å²) in [4.78, 5) is 41.8. The van der Waals surface area contributed by atoms with E-state index in [1.165, 1.54) is 0 Å². The number of ether oxygens (including phenoxy) is 2. The van der Waals surface area contributed by atoms with Crippen molar-refractivity contribution in [1.29, 1.82) is 0 Å². The van der Waals surface area contributed by atoms with Crippen LogP contribution in [0.4, 0.5) is 0 Å². The van der Waals surface area contributed by atoms with Crippen LogP contribution in [0, 0.1) is 0 Å². The molecule has 48 heavy (non-hydrogen) atoms. The second-order valence-corrected chi connectivity index (χ2v) is 12.8. The maximum atomic E-state index is 11.5. The molecule has 2 saturated heterocycles. The highest BCUT2D eigenvalue weighted by Crippen LogP contribution is 2.42. The Balaban J connectivity index is 1.20. The van der Waals surface area contributed by atoms with Crippen molar-refractivity contribution in [1.82, 2.24) is 41.2 Å². The maximum absolute atomic E-state index is 11.5. The summed E-state index contributed by atoms with van der Waals surface area (Å²) < 4.78 is 12.0. The quantitative estimate of drug-likeness (QED) is 0.155. The number of aromatic nitrogens is 4. The lowest BCUT2D eigenvalue weighted by Crippen LogP contribution is -2.35. The molecule has 0 spiro atoms. The number of benzene rings is 2. The molecule has 14 heteroatoms. The van der Waals surface area contributed by atoms with Crippen LogP contribution in [0.5, 0.6) is 11.8 Å². The number of methoxy groups -OCH3 is 2. The molecule has 12 nitrogen and oxygen atoms in total. The van der Waals surface area contributed by atoms with E-state index in [2.05, 4.69) is 47.2 Å². The first kappa shape index (κ1) is 33.7. The molecule has 4 N–H and O–H groups in total. The summed E-state index contributed by atoms with van der Waals surface area (Å²) in [6.07, 6.45) is 6.17. The number of nitrogens with zero attached hydrogens (tertiary/aromatic N) is 4. The van der Waals surface area contributed by atoms with Gasteiger partial charge in [0.15, 0.2) is 0 Å². The molecule has 0 saturated carbocycles. The van der Waals surface area contributed by atoms with Gasteiger partial charge in [0, 0.05) is 72.3 Å². The van der Waals surface area contributed by atoms with Gasteiger partial charge in [0.2, 0.25) is 23.6 Å². The van der Waals surface area contributed by atoms with E-state index in [4.69, 9.17) is 31.0 Å². The number of hydrogen-bond donors (Lipinski definition) is 4. The van der Waals surface area contributed by atoms with Gasteiger partial charge in [-0.05, 0) is 34.3 Å². The molecule has 4 heterocycles. The molecule has 0 aliphatic carbocycles. The van der Waals surface area contributed by atoms with Crippen molar-refractivity contribution in [3.05, 3.63) is 69.7 Å². The molecular weight excluding hydrogens is 700 g/mol. The highest BCUT2D eigenvalue weighted by molar-refractivity contribution is 9.10. The Kier molecular flexibility index (Phi) is 10.8. The van der Waals surface area contributed by atoms with Crippen LogP contribution in [-0.2, 0) is 22.7 Å². The van der Waals surface area contributed by atoms with Crippen LogP contribution in [0.1, 0.15) is 37.1 Å². The molecule has 2 aliphatic rings. The van der Waals surface area contributed by atoms with Gasteiger partial charge < -0.3 is 30.7 Å². The average molecular weight is 736 g/mol. The van der Waals surface area contributed by atoms with Crippen molar-refractivity contribution in [2.75, 3.05) is 27.3 Å². The number of rotatable bonds is 13. The average Bonchev–Trinajstić information content (AvgIpc) is 3.72. The van der Waals surface area contributed by atoms with E-state index in [9.17, 15) is 9.59 Å². The lowest BCUT2D eigenvalue weighted by atomic mass is 9.99. The Morgan fingerprint density at radius 2 is 1.25 bits per heavy atom. The maximum Gasteiger partial charge on any atom is 0.237 e. The topological polar surface area (TPSA) is 152 Å². The zero-order valence-electron chi connectivity index (χ0n) is 26.6. The molecule has 1 unspecified atom stereocenters. The Bertz CT molecular complexity index is 1700. The van der Waals surface area contributed by atoms with Gasteiger partial charge in [-0.2, -0.15) is 0 Å². The van der Waals surface area contributed by atoms with E-state index >= 15 is 0 Å². The summed E-state index contributed by atoms with van der Waals surface area (Å²) in [5.41, 5.74) is 5.74. The lowest BCUT2D eigenvalue weighted by molar-refractivity contribution is -0.120. The highest BCUT2D eigenvalue weighted by atomic mass is 79.9. The molecule has 0 radical (unpaired) electrons. The normalized spacial score (nSPS) is 17.3. The Labute approximate surface area is 291 Å². The molecule has 2 amide bonds. The molecule has 2 aromatic carbocycles. The van der Waals surface area contributed by atoms with Gasteiger partial charge >= 0.3 is 0 Å². The number of carbonyl (C=O) groups excluding carboxylic acids is 2. The molecule has 4 aromatic rings. The minimum Gasteiger partial charge on any atom is -0.480 e. The van der Waals surface area contributed by atoms with E-state index in [0.717, 1.165) is 34.0 Å². The summed E-state index contributed by atoms with van der Waals surface area (Å²) in [6.45, 7) is 2.19. The van der Waals surface area contributed by atoms with Crippen molar-refractivity contribution < 1.29 is 19.1 Å². The van der Waals surface area contributed by atoms with Crippen molar-refractivity contribution in [3.8, 4) is 45.4 Å². The highest BCUT2D eigenvalue weighted by Gasteiger charge is 2.23. The summed E-state index contributed by atoms with van der Waals surface area (Å²) >= 11 is 10.9. The Morgan fingerprint density at radius 1 is 0.771 bits per heavy atom. The van der Waals surface area contributed by atoms with Crippen molar-refractivity contribution in [2.24, 2.45) is 0 Å². The zero-order valence-corrected chi connectivity index (χ0v) is 29.0. The van der Waals surface area contributed by atoms with Crippen LogP contribution in [0.3, 0.4) is 0 Å². The molecule has 250 valence electrons. The smallest absolute Gasteiger partial charge is 0.237 e. The fourth-order valence-corrected chi connectivity index (χ4v) is 6.89. The predicted molar refractivity (Wildman–Crippen MR) is 185 cm³/mol. The van der Waals surface area contributed by atoms with Crippen LogP contribution in [0.15, 0.2) is 53.3 Å². The van der Waals surface area contributed by atoms with Crippen LogP contribution >= 0.6 is 27.5 Å². The van der Waals surface area contributed by atoms with Gasteiger partial charge in [0.25, 0.3) is 0 Å². The molecule has 2 aromatic heterocycles. The lowest BCUT2D eigenvalue weighted by Gasteiger charge is -2.16. The SMILES string of the molecule is COc1nc(-c2cccc(-c3cccc(-c4cnc(CNCC5CCC(=O)N5)c(OC)n4)c3Br)c2Cl)cnc1CNC[C@H]1CCC(=O)N1. The zero-order chi connectivity index (χ0) is 33.6. The predicted octanol–water partition coefficient (Wildman–Crippen LogP) is 4.44. The Hall–Kier alpha value is -4.17. The molecular formula is C34H36BrClN8O4. The summed E-state index contributed by atoms with van der Waals surface area (Å²) in [7, 11) is 3.14. The third kappa shape index (κ3) is 7.59. The van der Waals surface area contributed by atoms with Crippen LogP contribution in [0.25, 0.3) is 33.6 Å². The van der Waals surface area contributed by atoms with Gasteiger partial charge in [0.1, 0.15) is 11.4 Å². The van der Waals surface area contributed by atoms with Crippen molar-refractivity contribution >= 4 is 39.3 Å². The number of halogens is 2. The minimum atomic E-state index is 0.0852. The standard InChI is InChI=1S/C34H36BrClN8O4/c1-47-33-27(15-37-13-19-9-11-29(45)41-19)39-17-25(43-33)23-7-3-5-21(31(23)35)22-6-4-8-24(32(22)36)26-18-40-28(34(44-26)48-2)16-38-14-20-10-12-30(46)42-20/h3-8,17-20,37-38H,9-16H2,1-2H3,(H,41,45)(H,42,46)/t19?,20-/m1/s1. The molecule has 0 bridgehead atoms. The van der Waals surface area contributed by atoms with Gasteiger partial charge in [-0.3, -0.25) is 19.6 Å². The molecule has 2 fully saturated rings.